The molecule has 1 radical (unpaired) electrons. The molecule has 3 aromatic carbocycles. The van der Waals surface area contributed by atoms with E-state index in [0.717, 1.165) is 60.1 Å². The van der Waals surface area contributed by atoms with Crippen LogP contribution in [0.2, 0.25) is 0 Å². The van der Waals surface area contributed by atoms with Crippen molar-refractivity contribution in [2.75, 3.05) is 0 Å². The first-order chi connectivity index (χ1) is 23.8. The zero-order chi connectivity index (χ0) is 36.6. The van der Waals surface area contributed by atoms with Crippen LogP contribution in [0.4, 0.5) is 0 Å². The maximum Gasteiger partial charge on any atom is 0.164 e. The summed E-state index contributed by atoms with van der Waals surface area (Å²) in [6, 6.07) is 21.5. The fraction of sp³-hybridized carbons (Fsp3) is 0.543. The fourth-order valence-electron chi connectivity index (χ4n) is 7.09. The number of rotatable bonds is 12. The van der Waals surface area contributed by atoms with E-state index in [-0.39, 0.29) is 48.4 Å². The van der Waals surface area contributed by atoms with Crippen LogP contribution >= 0.6 is 0 Å². The molecule has 0 amide bonds. The van der Waals surface area contributed by atoms with Crippen molar-refractivity contribution in [1.29, 1.82) is 0 Å². The van der Waals surface area contributed by atoms with Crippen LogP contribution in [0.1, 0.15) is 156 Å². The molecule has 1 aliphatic carbocycles. The van der Waals surface area contributed by atoms with Gasteiger partial charge in [0, 0.05) is 48.3 Å². The molecular weight excluding hydrogens is 805 g/mol. The Kier molecular flexibility index (Phi) is 15.6. The van der Waals surface area contributed by atoms with Gasteiger partial charge in [-0.1, -0.05) is 138 Å². The number of benzene rings is 3. The van der Waals surface area contributed by atoms with Gasteiger partial charge in [-0.15, -0.1) is 35.4 Å². The Labute approximate surface area is 322 Å². The normalized spacial score (nSPS) is 14.5. The molecule has 1 heterocycles. The summed E-state index contributed by atoms with van der Waals surface area (Å²) in [7, 11) is 0. The molecule has 4 aromatic rings. The monoisotopic (exact) mass is 868 g/mol. The molecule has 1 fully saturated rings. The van der Waals surface area contributed by atoms with Crippen molar-refractivity contribution in [3.63, 3.8) is 0 Å². The second kappa shape index (κ2) is 18.7. The predicted molar refractivity (Wildman–Crippen MR) is 213 cm³/mol. The molecule has 4 nitrogen and oxygen atoms in total. The summed E-state index contributed by atoms with van der Waals surface area (Å²) < 4.78 is 0. The van der Waals surface area contributed by atoms with E-state index < -0.39 is 0 Å². The zero-order valence-electron chi connectivity index (χ0n) is 33.1. The summed E-state index contributed by atoms with van der Waals surface area (Å²) >= 11 is 0. The molecule has 0 unspecified atom stereocenters. The van der Waals surface area contributed by atoms with Gasteiger partial charge < -0.3 is 5.11 Å². The Morgan fingerprint density at radius 2 is 1.53 bits per heavy atom. The number of ketones is 1. The van der Waals surface area contributed by atoms with E-state index >= 15 is 0 Å². The van der Waals surface area contributed by atoms with Crippen molar-refractivity contribution >= 4 is 27.5 Å². The Morgan fingerprint density at radius 1 is 0.882 bits per heavy atom. The molecule has 1 saturated carbocycles. The number of aliphatic hydroxyl groups excluding tert-OH is 1. The van der Waals surface area contributed by atoms with Gasteiger partial charge in [-0.2, -0.15) is 0 Å². The number of carbonyl (C=O) groups is 1. The van der Waals surface area contributed by atoms with E-state index in [9.17, 15) is 9.90 Å². The zero-order valence-corrected chi connectivity index (χ0v) is 35.5. The average Bonchev–Trinajstić information content (AvgIpc) is 3.13. The Balaban J connectivity index is 0.000000335. The van der Waals surface area contributed by atoms with Gasteiger partial charge in [0.05, 0.1) is 5.52 Å². The SMILES string of the molecule is CC(C)Cc1cccc2ccc3c(-c4[c-]cc(C5CCCCC5)cc4)nc(C(C)C)nc3c12.CCC(C)(CC)C(=O)/C=C(\O)C(C)(CC)CC.[Ir]. The van der Waals surface area contributed by atoms with Crippen LogP contribution in [0, 0.1) is 22.8 Å². The molecule has 0 aliphatic heterocycles. The van der Waals surface area contributed by atoms with Gasteiger partial charge in [0.1, 0.15) is 11.6 Å². The van der Waals surface area contributed by atoms with E-state index in [2.05, 4.69) is 82.3 Å². The summed E-state index contributed by atoms with van der Waals surface area (Å²) in [6.45, 7) is 21.0. The molecule has 279 valence electrons. The number of carbonyl (C=O) groups excluding carboxylic acids is 1. The van der Waals surface area contributed by atoms with Crippen LogP contribution in [-0.2, 0) is 31.3 Å². The maximum atomic E-state index is 12.2. The smallest absolute Gasteiger partial charge is 0.164 e. The Hall–Kier alpha value is -2.88. The average molecular weight is 868 g/mol. The molecule has 5 heteroatoms. The van der Waals surface area contributed by atoms with Crippen molar-refractivity contribution in [3.05, 3.63) is 83.4 Å². The minimum Gasteiger partial charge on any atom is -0.512 e. The first kappa shape index (κ1) is 42.5. The van der Waals surface area contributed by atoms with Crippen LogP contribution < -0.4 is 0 Å². The molecule has 1 N–H and O–H groups in total. The molecule has 0 saturated heterocycles. The van der Waals surface area contributed by atoms with Gasteiger partial charge in [0.15, 0.2) is 5.78 Å². The van der Waals surface area contributed by atoms with Crippen LogP contribution in [0.15, 0.2) is 60.4 Å². The second-order valence-corrected chi connectivity index (χ2v) is 16.0. The van der Waals surface area contributed by atoms with Crippen molar-refractivity contribution in [1.82, 2.24) is 9.97 Å². The third-order valence-electron chi connectivity index (χ3n) is 11.7. The quantitative estimate of drug-likeness (QED) is 0.0667. The van der Waals surface area contributed by atoms with Crippen LogP contribution in [0.25, 0.3) is 32.9 Å². The maximum absolute atomic E-state index is 12.2. The molecule has 5 rings (SSSR count). The van der Waals surface area contributed by atoms with Gasteiger partial charge in [-0.25, -0.2) is 4.98 Å². The van der Waals surface area contributed by atoms with Crippen LogP contribution in [-0.4, -0.2) is 20.9 Å². The first-order valence-electron chi connectivity index (χ1n) is 19.5. The molecule has 0 atom stereocenters. The third-order valence-corrected chi connectivity index (χ3v) is 11.7. The summed E-state index contributed by atoms with van der Waals surface area (Å²) in [6.07, 6.45) is 12.5. The number of hydrogen-bond donors (Lipinski definition) is 1. The van der Waals surface area contributed by atoms with Crippen LogP contribution in [0.5, 0.6) is 0 Å². The van der Waals surface area contributed by atoms with E-state index in [1.54, 1.807) is 0 Å². The van der Waals surface area contributed by atoms with Gasteiger partial charge in [-0.3, -0.25) is 9.78 Å². The van der Waals surface area contributed by atoms with Gasteiger partial charge in [0.25, 0.3) is 0 Å². The van der Waals surface area contributed by atoms with E-state index in [1.165, 1.54) is 60.1 Å². The molecule has 0 bridgehead atoms. The second-order valence-electron chi connectivity index (χ2n) is 16.0. The van der Waals surface area contributed by atoms with Gasteiger partial charge in [0.2, 0.25) is 0 Å². The standard InChI is InChI=1S/C31H35N2.C15H28O2.Ir/c1-20(2)19-26-12-8-11-24-17-18-27-29(32-31(21(3)4)33-30(27)28(24)26)25-15-13-23(14-16-25)22-9-6-5-7-10-22;1-7-14(5,8-2)12(16)11-13(17)15(6,9-3)10-4;/h8,11-15,17-18,20-22H,5-7,9-10,19H2,1-4H3;11,16H,7-10H2,1-6H3;/q-1;;/b;12-11-;. The summed E-state index contributed by atoms with van der Waals surface area (Å²) in [5.74, 6) is 2.75. The minimum atomic E-state index is -0.337. The van der Waals surface area contributed by atoms with Gasteiger partial charge >= 0.3 is 0 Å². The predicted octanol–water partition coefficient (Wildman–Crippen LogP) is 13.3. The van der Waals surface area contributed by atoms with Crippen molar-refractivity contribution < 1.29 is 30.0 Å². The van der Waals surface area contributed by atoms with Crippen LogP contribution in [0.3, 0.4) is 0 Å². The number of aliphatic hydroxyl groups is 1. The summed E-state index contributed by atoms with van der Waals surface area (Å²) in [5.41, 5.74) is 5.38. The largest absolute Gasteiger partial charge is 0.512 e. The van der Waals surface area contributed by atoms with E-state index in [4.69, 9.17) is 9.97 Å². The first-order valence-corrected chi connectivity index (χ1v) is 19.5. The third kappa shape index (κ3) is 9.96. The Morgan fingerprint density at radius 3 is 2.08 bits per heavy atom. The number of fused-ring (bicyclic) bond motifs is 3. The van der Waals surface area contributed by atoms with Gasteiger partial charge in [-0.05, 0) is 60.1 Å². The van der Waals surface area contributed by atoms with E-state index in [0.29, 0.717) is 11.8 Å². The molecular formula is C46H63IrN2O2-. The van der Waals surface area contributed by atoms with Crippen molar-refractivity contribution in [2.45, 2.75) is 145 Å². The van der Waals surface area contributed by atoms with Crippen molar-refractivity contribution in [2.24, 2.45) is 16.7 Å². The summed E-state index contributed by atoms with van der Waals surface area (Å²) in [4.78, 5) is 22.4. The summed E-state index contributed by atoms with van der Waals surface area (Å²) in [5, 5.41) is 13.8. The molecule has 1 aromatic heterocycles. The Bertz CT molecular complexity index is 1760. The number of allylic oxidation sites excluding steroid dienone is 2. The number of nitrogens with zero attached hydrogens (tertiary/aromatic N) is 2. The van der Waals surface area contributed by atoms with Crippen molar-refractivity contribution in [3.8, 4) is 11.3 Å². The minimum absolute atomic E-state index is 0. The number of aromatic nitrogens is 2. The van der Waals surface area contributed by atoms with E-state index in [1.807, 2.05) is 41.5 Å². The molecule has 1 aliphatic rings. The number of hydrogen-bond acceptors (Lipinski definition) is 4. The topological polar surface area (TPSA) is 63.1 Å². The fourth-order valence-corrected chi connectivity index (χ4v) is 7.09. The molecule has 0 spiro atoms. The molecule has 51 heavy (non-hydrogen) atoms.